The average Bonchev–Trinajstić information content (AvgIpc) is 2.61. The van der Waals surface area contributed by atoms with Crippen molar-refractivity contribution < 1.29 is 19.2 Å². The topological polar surface area (TPSA) is 98.5 Å². The van der Waals surface area contributed by atoms with Gasteiger partial charge in [-0.1, -0.05) is 23.7 Å². The third kappa shape index (κ3) is 5.15. The van der Waals surface area contributed by atoms with Crippen molar-refractivity contribution >= 4 is 40.9 Å². The third-order valence-electron chi connectivity index (χ3n) is 3.27. The lowest BCUT2D eigenvalue weighted by molar-refractivity contribution is -0.385. The molecule has 0 spiro atoms. The SMILES string of the molecule is CCOC(=O)/C=C/c1ccc(NC(=O)c2cc(Cl)ccc2[N+](=O)[O-])cc1. The molecule has 1 amide bonds. The standard InChI is InChI=1S/C18H15ClN2O5/c1-2-26-17(22)10-5-12-3-7-14(8-4-12)20-18(23)15-11-13(19)6-9-16(15)21(24)25/h3-11H,2H2,1H3,(H,20,23)/b10-5+. The van der Waals surface area contributed by atoms with Gasteiger partial charge in [-0.15, -0.1) is 0 Å². The Morgan fingerprint density at radius 2 is 1.92 bits per heavy atom. The van der Waals surface area contributed by atoms with Gasteiger partial charge in [0, 0.05) is 22.9 Å². The smallest absolute Gasteiger partial charge is 0.330 e. The number of hydrogen-bond acceptors (Lipinski definition) is 5. The van der Waals surface area contributed by atoms with Crippen molar-refractivity contribution in [1.29, 1.82) is 0 Å². The summed E-state index contributed by atoms with van der Waals surface area (Å²) in [5, 5.41) is 13.8. The number of carbonyl (C=O) groups is 2. The first-order chi connectivity index (χ1) is 12.4. The predicted molar refractivity (Wildman–Crippen MR) is 98.2 cm³/mol. The Bertz CT molecular complexity index is 862. The Labute approximate surface area is 154 Å². The fraction of sp³-hybridized carbons (Fsp3) is 0.111. The van der Waals surface area contributed by atoms with Crippen LogP contribution in [0.4, 0.5) is 11.4 Å². The van der Waals surface area contributed by atoms with Gasteiger partial charge in [-0.25, -0.2) is 4.79 Å². The molecular weight excluding hydrogens is 360 g/mol. The second kappa shape index (κ2) is 8.77. The van der Waals surface area contributed by atoms with E-state index >= 15 is 0 Å². The first-order valence-corrected chi connectivity index (χ1v) is 7.98. The van der Waals surface area contributed by atoms with E-state index in [1.807, 2.05) is 0 Å². The van der Waals surface area contributed by atoms with Crippen molar-refractivity contribution in [3.63, 3.8) is 0 Å². The van der Waals surface area contributed by atoms with Crippen molar-refractivity contribution in [1.82, 2.24) is 0 Å². The fourth-order valence-corrected chi connectivity index (χ4v) is 2.25. The van der Waals surface area contributed by atoms with Crippen LogP contribution < -0.4 is 5.32 Å². The van der Waals surface area contributed by atoms with Crippen LogP contribution in [-0.4, -0.2) is 23.4 Å². The largest absolute Gasteiger partial charge is 0.463 e. The Hall–Kier alpha value is -3.19. The monoisotopic (exact) mass is 374 g/mol. The molecule has 0 aliphatic carbocycles. The van der Waals surface area contributed by atoms with Gasteiger partial charge in [-0.3, -0.25) is 14.9 Å². The maximum Gasteiger partial charge on any atom is 0.330 e. The number of nitrogens with zero attached hydrogens (tertiary/aromatic N) is 1. The van der Waals surface area contributed by atoms with E-state index in [0.29, 0.717) is 12.3 Å². The maximum atomic E-state index is 12.3. The molecule has 26 heavy (non-hydrogen) atoms. The molecule has 0 aliphatic heterocycles. The zero-order valence-electron chi connectivity index (χ0n) is 13.8. The Balaban J connectivity index is 2.12. The summed E-state index contributed by atoms with van der Waals surface area (Å²) in [7, 11) is 0. The molecule has 0 bridgehead atoms. The molecule has 1 N–H and O–H groups in total. The van der Waals surface area contributed by atoms with Gasteiger partial charge in [-0.2, -0.15) is 0 Å². The van der Waals surface area contributed by atoms with E-state index < -0.39 is 16.8 Å². The summed E-state index contributed by atoms with van der Waals surface area (Å²) < 4.78 is 4.78. The molecular formula is C18H15ClN2O5. The molecule has 0 aromatic heterocycles. The van der Waals surface area contributed by atoms with Crippen molar-refractivity contribution in [3.05, 3.63) is 74.8 Å². The molecule has 0 heterocycles. The zero-order chi connectivity index (χ0) is 19.1. The summed E-state index contributed by atoms with van der Waals surface area (Å²) >= 11 is 5.82. The summed E-state index contributed by atoms with van der Waals surface area (Å²) in [6, 6.07) is 10.3. The summed E-state index contributed by atoms with van der Waals surface area (Å²) in [6.07, 6.45) is 2.87. The van der Waals surface area contributed by atoms with Crippen molar-refractivity contribution in [2.24, 2.45) is 0 Å². The number of nitro groups is 1. The van der Waals surface area contributed by atoms with E-state index in [0.717, 1.165) is 5.56 Å². The molecule has 0 atom stereocenters. The number of carbonyl (C=O) groups excluding carboxylic acids is 2. The summed E-state index contributed by atoms with van der Waals surface area (Å²) in [6.45, 7) is 2.01. The molecule has 2 rings (SSSR count). The number of anilines is 1. The zero-order valence-corrected chi connectivity index (χ0v) is 14.5. The number of nitro benzene ring substituents is 1. The molecule has 8 heteroatoms. The molecule has 0 radical (unpaired) electrons. The molecule has 2 aromatic carbocycles. The molecule has 0 saturated carbocycles. The van der Waals surface area contributed by atoms with Crippen LogP contribution in [0.5, 0.6) is 0 Å². The van der Waals surface area contributed by atoms with Crippen LogP contribution in [0.3, 0.4) is 0 Å². The van der Waals surface area contributed by atoms with Gasteiger partial charge in [-0.05, 0) is 42.8 Å². The number of rotatable bonds is 6. The van der Waals surface area contributed by atoms with E-state index in [9.17, 15) is 19.7 Å². The third-order valence-corrected chi connectivity index (χ3v) is 3.50. The molecule has 0 saturated heterocycles. The highest BCUT2D eigenvalue weighted by Gasteiger charge is 2.20. The van der Waals surface area contributed by atoms with Crippen LogP contribution in [-0.2, 0) is 9.53 Å². The van der Waals surface area contributed by atoms with E-state index in [2.05, 4.69) is 5.32 Å². The highest BCUT2D eigenvalue weighted by atomic mass is 35.5. The van der Waals surface area contributed by atoms with Crippen LogP contribution in [0.1, 0.15) is 22.8 Å². The van der Waals surface area contributed by atoms with Crippen molar-refractivity contribution in [2.75, 3.05) is 11.9 Å². The van der Waals surface area contributed by atoms with Gasteiger partial charge in [0.05, 0.1) is 11.5 Å². The molecule has 7 nitrogen and oxygen atoms in total. The number of amides is 1. The Morgan fingerprint density at radius 3 is 2.54 bits per heavy atom. The lowest BCUT2D eigenvalue weighted by Gasteiger charge is -2.07. The summed E-state index contributed by atoms with van der Waals surface area (Å²) in [5.74, 6) is -1.09. The molecule has 0 unspecified atom stereocenters. The number of esters is 1. The van der Waals surface area contributed by atoms with E-state index in [1.54, 1.807) is 37.3 Å². The lowest BCUT2D eigenvalue weighted by Crippen LogP contribution is -2.14. The molecule has 2 aromatic rings. The molecule has 134 valence electrons. The van der Waals surface area contributed by atoms with Crippen LogP contribution in [0.15, 0.2) is 48.5 Å². The average molecular weight is 375 g/mol. The normalized spacial score (nSPS) is 10.5. The van der Waals surface area contributed by atoms with Crippen LogP contribution in [0.2, 0.25) is 5.02 Å². The van der Waals surface area contributed by atoms with Crippen LogP contribution in [0, 0.1) is 10.1 Å². The van der Waals surface area contributed by atoms with E-state index in [1.165, 1.54) is 24.3 Å². The lowest BCUT2D eigenvalue weighted by atomic mass is 10.1. The highest BCUT2D eigenvalue weighted by Crippen LogP contribution is 2.24. The number of hydrogen-bond donors (Lipinski definition) is 1. The fourth-order valence-electron chi connectivity index (χ4n) is 2.08. The molecule has 0 aliphatic rings. The predicted octanol–water partition coefficient (Wildman–Crippen LogP) is 4.08. The first-order valence-electron chi connectivity index (χ1n) is 7.61. The molecule has 0 fully saturated rings. The second-order valence-corrected chi connectivity index (χ2v) is 5.52. The van der Waals surface area contributed by atoms with Crippen molar-refractivity contribution in [2.45, 2.75) is 6.92 Å². The maximum absolute atomic E-state index is 12.3. The number of ether oxygens (including phenoxy) is 1. The van der Waals surface area contributed by atoms with Gasteiger partial charge in [0.15, 0.2) is 0 Å². The minimum Gasteiger partial charge on any atom is -0.463 e. The van der Waals surface area contributed by atoms with Crippen molar-refractivity contribution in [3.8, 4) is 0 Å². The summed E-state index contributed by atoms with van der Waals surface area (Å²) in [4.78, 5) is 34.0. The van der Waals surface area contributed by atoms with E-state index in [-0.39, 0.29) is 16.3 Å². The quantitative estimate of drug-likeness (QED) is 0.355. The minimum absolute atomic E-state index is 0.131. The summed E-state index contributed by atoms with van der Waals surface area (Å²) in [5.41, 5.74) is 0.706. The van der Waals surface area contributed by atoms with Gasteiger partial charge < -0.3 is 10.1 Å². The van der Waals surface area contributed by atoms with Crippen LogP contribution in [0.25, 0.3) is 6.08 Å². The minimum atomic E-state index is -0.644. The van der Waals surface area contributed by atoms with Gasteiger partial charge >= 0.3 is 5.97 Å². The number of benzene rings is 2. The van der Waals surface area contributed by atoms with Gasteiger partial charge in [0.25, 0.3) is 11.6 Å². The van der Waals surface area contributed by atoms with Gasteiger partial charge in [0.1, 0.15) is 5.56 Å². The van der Waals surface area contributed by atoms with Crippen LogP contribution >= 0.6 is 11.6 Å². The Kier molecular flexibility index (Phi) is 6.46. The highest BCUT2D eigenvalue weighted by molar-refractivity contribution is 6.31. The Morgan fingerprint density at radius 1 is 1.23 bits per heavy atom. The number of nitrogens with one attached hydrogen (secondary N) is 1. The first kappa shape index (κ1) is 19.1. The van der Waals surface area contributed by atoms with Gasteiger partial charge in [0.2, 0.25) is 0 Å². The second-order valence-electron chi connectivity index (χ2n) is 5.08. The van der Waals surface area contributed by atoms with E-state index in [4.69, 9.17) is 16.3 Å². The number of halogens is 1.